The molecule has 0 N–H and O–H groups in total. The van der Waals surface area contributed by atoms with Crippen molar-refractivity contribution in [1.29, 1.82) is 0 Å². The molecular weight excluding hydrogens is 540 g/mol. The SMILES string of the molecule is CC[PH](CC)(CC)[Pt]([CH3])([I])[PH](CC)(CC)CC. The quantitative estimate of drug-likeness (QED) is 0.247. The third-order valence-corrected chi connectivity index (χ3v) is 108. The second-order valence-electron chi connectivity index (χ2n) is 4.93. The van der Waals surface area contributed by atoms with Gasteiger partial charge < -0.3 is 0 Å². The standard InChI is InChI=1S/2C6H15P.CH3.HI.Pt/c2*1-4-7(5-2)6-3;;;/h2*4-6H2,1-3H3;1H3;1H;/q;;;;-1/p+1. The first-order chi connectivity index (χ1) is 7.86. The summed E-state index contributed by atoms with van der Waals surface area (Å²) in [5.41, 5.74) is 0. The number of hydrogen-bond donors (Lipinski definition) is 0. The first-order valence-corrected chi connectivity index (χ1v) is 27.5. The van der Waals surface area contributed by atoms with Crippen molar-refractivity contribution in [2.24, 2.45) is 0 Å². The van der Waals surface area contributed by atoms with Crippen LogP contribution in [0.3, 0.4) is 0 Å². The van der Waals surface area contributed by atoms with Gasteiger partial charge in [0.05, 0.1) is 0 Å². The molecule has 114 valence electrons. The molecule has 0 nitrogen and oxygen atoms in total. The first-order valence-electron chi connectivity index (χ1n) is 7.12. The van der Waals surface area contributed by atoms with Gasteiger partial charge in [0.25, 0.3) is 0 Å². The van der Waals surface area contributed by atoms with Crippen molar-refractivity contribution in [3.05, 3.63) is 0 Å². The first kappa shape index (κ1) is 19.3. The average Bonchev–Trinajstić information content (AvgIpc) is 2.34. The van der Waals surface area contributed by atoms with E-state index in [1.807, 2.05) is 0 Å². The van der Waals surface area contributed by atoms with Crippen molar-refractivity contribution in [1.82, 2.24) is 0 Å². The van der Waals surface area contributed by atoms with Crippen LogP contribution in [-0.4, -0.2) is 37.0 Å². The number of rotatable bonds is 8. The van der Waals surface area contributed by atoms with Crippen LogP contribution in [0.5, 0.6) is 0 Å². The van der Waals surface area contributed by atoms with Crippen LogP contribution in [0.2, 0.25) is 5.31 Å². The molecule has 0 spiro atoms. The molecule has 0 aliphatic carbocycles. The topological polar surface area (TPSA) is 0 Å². The van der Waals surface area contributed by atoms with Gasteiger partial charge in [0, 0.05) is 0 Å². The van der Waals surface area contributed by atoms with E-state index in [0.29, 0.717) is 0 Å². The molecule has 0 aliphatic heterocycles. The average molecular weight is 575 g/mol. The Hall–Kier alpha value is 2.28. The second-order valence-corrected chi connectivity index (χ2v) is 67.2. The Morgan fingerprint density at radius 1 is 0.647 bits per heavy atom. The second kappa shape index (κ2) is 7.90. The minimum absolute atomic E-state index is 0.914. The van der Waals surface area contributed by atoms with Crippen molar-refractivity contribution >= 4 is 30.1 Å². The molecule has 0 aromatic heterocycles. The summed E-state index contributed by atoms with van der Waals surface area (Å²) >= 11 is 1.59. The molecule has 0 saturated carbocycles. The Kier molecular flexibility index (Phi) is 8.96. The Morgan fingerprint density at radius 3 is 0.941 bits per heavy atom. The molecule has 0 fully saturated rings. The van der Waals surface area contributed by atoms with Crippen LogP contribution in [0, 0.1) is 0 Å². The Labute approximate surface area is 124 Å². The van der Waals surface area contributed by atoms with Crippen LogP contribution in [0.1, 0.15) is 41.5 Å². The van der Waals surface area contributed by atoms with E-state index >= 15 is 0 Å². The van der Waals surface area contributed by atoms with Crippen LogP contribution < -0.4 is 0 Å². The van der Waals surface area contributed by atoms with Crippen LogP contribution in [0.25, 0.3) is 0 Å². The van der Waals surface area contributed by atoms with Gasteiger partial charge in [0.1, 0.15) is 0 Å². The van der Waals surface area contributed by atoms with Gasteiger partial charge in [-0.3, -0.25) is 0 Å². The predicted octanol–water partition coefficient (Wildman–Crippen LogP) is 5.99. The van der Waals surface area contributed by atoms with Crippen LogP contribution in [-0.2, 0) is 11.4 Å². The Bertz CT molecular complexity index is 185. The summed E-state index contributed by atoms with van der Waals surface area (Å²) < 4.78 is 0. The van der Waals surface area contributed by atoms with Crippen molar-refractivity contribution in [2.75, 3.05) is 37.0 Å². The Morgan fingerprint density at radius 2 is 0.824 bits per heavy atom. The van der Waals surface area contributed by atoms with E-state index in [-0.39, 0.29) is 0 Å². The summed E-state index contributed by atoms with van der Waals surface area (Å²) in [6.07, 6.45) is 9.36. The number of hydrogen-bond acceptors (Lipinski definition) is 0. The zero-order chi connectivity index (χ0) is 13.7. The van der Waals surface area contributed by atoms with E-state index in [0.717, 1.165) is 0 Å². The van der Waals surface area contributed by atoms with Gasteiger partial charge >= 0.3 is 125 Å². The summed E-state index contributed by atoms with van der Waals surface area (Å²) in [4.78, 5) is 0. The van der Waals surface area contributed by atoms with Crippen molar-refractivity contribution < 1.29 is 11.4 Å². The fraction of sp³-hybridized carbons (Fsp3) is 1.00. The third kappa shape index (κ3) is 3.31. The molecule has 0 bridgehead atoms. The summed E-state index contributed by atoms with van der Waals surface area (Å²) in [6.45, 7) is 15.1. The van der Waals surface area contributed by atoms with Gasteiger partial charge in [-0.1, -0.05) is 0 Å². The van der Waals surface area contributed by atoms with Gasteiger partial charge in [-0.15, -0.1) is 0 Å². The molecule has 0 aromatic rings. The molecule has 17 heavy (non-hydrogen) atoms. The van der Waals surface area contributed by atoms with Gasteiger partial charge in [-0.2, -0.15) is 0 Å². The van der Waals surface area contributed by atoms with Gasteiger partial charge in [0.15, 0.2) is 0 Å². The van der Waals surface area contributed by atoms with E-state index in [4.69, 9.17) is 0 Å². The van der Waals surface area contributed by atoms with Gasteiger partial charge in [0.2, 0.25) is 0 Å². The molecule has 0 saturated heterocycles. The maximum absolute atomic E-state index is 3.11. The van der Waals surface area contributed by atoms with Crippen LogP contribution in [0.4, 0.5) is 0 Å². The fourth-order valence-corrected chi connectivity index (χ4v) is 114. The number of halogens is 1. The zero-order valence-electron chi connectivity index (χ0n) is 12.9. The molecule has 0 aliphatic rings. The van der Waals surface area contributed by atoms with Crippen molar-refractivity contribution in [3.63, 3.8) is 0 Å². The van der Waals surface area contributed by atoms with E-state index in [1.165, 1.54) is 0 Å². The van der Waals surface area contributed by atoms with E-state index in [9.17, 15) is 0 Å². The molecule has 0 heterocycles. The van der Waals surface area contributed by atoms with Gasteiger partial charge in [-0.05, 0) is 0 Å². The van der Waals surface area contributed by atoms with E-state index in [1.54, 1.807) is 37.0 Å². The monoisotopic (exact) mass is 575 g/mol. The minimum atomic E-state index is -1.52. The molecular formula is C13H35IP2Pt. The maximum atomic E-state index is 3.11. The summed E-state index contributed by atoms with van der Waals surface area (Å²) in [5.74, 6) is 0. The van der Waals surface area contributed by atoms with E-state index < -0.39 is 22.1 Å². The van der Waals surface area contributed by atoms with Crippen molar-refractivity contribution in [3.8, 4) is 0 Å². The molecule has 0 atom stereocenters. The van der Waals surface area contributed by atoms with Gasteiger partial charge in [-0.25, -0.2) is 0 Å². The van der Waals surface area contributed by atoms with Crippen LogP contribution >= 0.6 is 30.1 Å². The predicted molar refractivity (Wildman–Crippen MR) is 99.8 cm³/mol. The normalized spacial score (nSPS) is 20.7. The molecule has 0 unspecified atom stereocenters. The molecule has 4 heteroatoms. The molecule has 0 rings (SSSR count). The van der Waals surface area contributed by atoms with Crippen LogP contribution in [0.15, 0.2) is 0 Å². The summed E-state index contributed by atoms with van der Waals surface area (Å²) in [7, 11) is 0. The summed E-state index contributed by atoms with van der Waals surface area (Å²) in [6, 6.07) is 0. The van der Waals surface area contributed by atoms with E-state index in [2.05, 4.69) is 66.2 Å². The summed E-state index contributed by atoms with van der Waals surface area (Å²) in [5, 5.41) is 1.00. The zero-order valence-corrected chi connectivity index (χ0v) is 19.4. The fourth-order valence-electron chi connectivity index (χ4n) is 3.12. The van der Waals surface area contributed by atoms with Crippen molar-refractivity contribution in [2.45, 2.75) is 46.9 Å². The Balaban J connectivity index is 5.60. The molecule has 0 radical (unpaired) electrons. The molecule has 0 amide bonds. The third-order valence-electron chi connectivity index (χ3n) is 4.93. The molecule has 0 aromatic carbocycles.